The SMILES string of the molecule is COc1cc(-c2c3cc(Br)c4ccccc4c3nn2-c2ccc(I)cc2)cc(OC)c1OC. The van der Waals surface area contributed by atoms with Crippen LogP contribution in [0.2, 0.25) is 0 Å². The topological polar surface area (TPSA) is 45.5 Å². The summed E-state index contributed by atoms with van der Waals surface area (Å²) in [7, 11) is 4.86. The van der Waals surface area contributed by atoms with Crippen LogP contribution in [0.15, 0.2) is 71.2 Å². The molecule has 0 spiro atoms. The van der Waals surface area contributed by atoms with Crippen molar-refractivity contribution < 1.29 is 14.2 Å². The number of benzene rings is 4. The number of aromatic nitrogens is 2. The third kappa shape index (κ3) is 3.73. The monoisotopic (exact) mass is 614 g/mol. The summed E-state index contributed by atoms with van der Waals surface area (Å²) >= 11 is 6.08. The minimum Gasteiger partial charge on any atom is -0.493 e. The van der Waals surface area contributed by atoms with Crippen molar-refractivity contribution in [3.8, 4) is 34.2 Å². The average Bonchev–Trinajstić information content (AvgIpc) is 3.23. The molecule has 0 aliphatic carbocycles. The molecule has 33 heavy (non-hydrogen) atoms. The van der Waals surface area contributed by atoms with E-state index >= 15 is 0 Å². The zero-order valence-electron chi connectivity index (χ0n) is 18.2. The van der Waals surface area contributed by atoms with Gasteiger partial charge in [-0.2, -0.15) is 5.10 Å². The number of fused-ring (bicyclic) bond motifs is 3. The fourth-order valence-corrected chi connectivity index (χ4v) is 5.07. The maximum absolute atomic E-state index is 5.64. The van der Waals surface area contributed by atoms with Crippen molar-refractivity contribution in [1.82, 2.24) is 9.78 Å². The van der Waals surface area contributed by atoms with Crippen molar-refractivity contribution in [2.75, 3.05) is 21.3 Å². The first-order chi connectivity index (χ1) is 16.0. The van der Waals surface area contributed by atoms with E-state index in [0.717, 1.165) is 46.7 Å². The normalized spacial score (nSPS) is 11.2. The second kappa shape index (κ2) is 8.87. The summed E-state index contributed by atoms with van der Waals surface area (Å²) in [5, 5.41) is 8.32. The minimum absolute atomic E-state index is 0.556. The molecule has 0 amide bonds. The molecule has 5 aromatic rings. The molecular formula is C26H20BrIN2O3. The van der Waals surface area contributed by atoms with Gasteiger partial charge in [-0.25, -0.2) is 4.68 Å². The van der Waals surface area contributed by atoms with Gasteiger partial charge in [0.15, 0.2) is 11.5 Å². The van der Waals surface area contributed by atoms with Gasteiger partial charge in [-0.3, -0.25) is 0 Å². The van der Waals surface area contributed by atoms with E-state index in [9.17, 15) is 0 Å². The molecule has 0 atom stereocenters. The van der Waals surface area contributed by atoms with Gasteiger partial charge in [0.05, 0.1) is 32.7 Å². The molecule has 0 unspecified atom stereocenters. The van der Waals surface area contributed by atoms with Gasteiger partial charge in [0.2, 0.25) is 5.75 Å². The van der Waals surface area contributed by atoms with Crippen molar-refractivity contribution in [2.45, 2.75) is 0 Å². The zero-order chi connectivity index (χ0) is 23.1. The van der Waals surface area contributed by atoms with E-state index in [1.165, 1.54) is 0 Å². The average molecular weight is 615 g/mol. The van der Waals surface area contributed by atoms with E-state index in [2.05, 4.69) is 81.0 Å². The van der Waals surface area contributed by atoms with Gasteiger partial charge in [-0.05, 0) is 70.4 Å². The van der Waals surface area contributed by atoms with Crippen molar-refractivity contribution in [3.05, 3.63) is 74.8 Å². The van der Waals surface area contributed by atoms with Crippen molar-refractivity contribution in [1.29, 1.82) is 0 Å². The summed E-state index contributed by atoms with van der Waals surface area (Å²) in [5.74, 6) is 1.74. The summed E-state index contributed by atoms with van der Waals surface area (Å²) in [6.45, 7) is 0. The molecule has 5 nitrogen and oxygen atoms in total. The number of methoxy groups -OCH3 is 3. The predicted octanol–water partition coefficient (Wildman–Crippen LogP) is 7.24. The summed E-state index contributed by atoms with van der Waals surface area (Å²) in [4.78, 5) is 0. The molecule has 1 heterocycles. The highest BCUT2D eigenvalue weighted by molar-refractivity contribution is 14.1. The number of halogens is 2. The molecular weight excluding hydrogens is 595 g/mol. The Morgan fingerprint density at radius 3 is 2.03 bits per heavy atom. The smallest absolute Gasteiger partial charge is 0.203 e. The van der Waals surface area contributed by atoms with E-state index in [1.807, 2.05) is 28.9 Å². The van der Waals surface area contributed by atoms with Gasteiger partial charge in [-0.15, -0.1) is 0 Å². The molecule has 0 bridgehead atoms. The molecule has 0 saturated heterocycles. The standard InChI is InChI=1S/C26H20BrIN2O3/c1-31-22-12-15(13-23(32-2)26(22)33-3)25-20-14-21(27)18-6-4-5-7-19(18)24(20)29-30(25)17-10-8-16(28)9-11-17/h4-14H,1-3H3. The van der Waals surface area contributed by atoms with Crippen LogP contribution in [-0.4, -0.2) is 31.1 Å². The highest BCUT2D eigenvalue weighted by Crippen LogP contribution is 2.44. The Kier molecular flexibility index (Phi) is 5.92. The molecule has 0 aliphatic rings. The van der Waals surface area contributed by atoms with Crippen molar-refractivity contribution >= 4 is 60.2 Å². The molecule has 0 N–H and O–H groups in total. The fourth-order valence-electron chi connectivity index (χ4n) is 4.13. The lowest BCUT2D eigenvalue weighted by Gasteiger charge is -2.15. The van der Waals surface area contributed by atoms with Crippen LogP contribution in [0.1, 0.15) is 0 Å². The quantitative estimate of drug-likeness (QED) is 0.196. The maximum Gasteiger partial charge on any atom is 0.203 e. The van der Waals surface area contributed by atoms with Crippen LogP contribution in [0.3, 0.4) is 0 Å². The van der Waals surface area contributed by atoms with Gasteiger partial charge < -0.3 is 14.2 Å². The fraction of sp³-hybridized carbons (Fsp3) is 0.115. The third-order valence-electron chi connectivity index (χ3n) is 5.64. The Bertz CT molecular complexity index is 1470. The van der Waals surface area contributed by atoms with Crippen LogP contribution < -0.4 is 14.2 Å². The highest BCUT2D eigenvalue weighted by atomic mass is 127. The first-order valence-electron chi connectivity index (χ1n) is 10.2. The molecule has 0 aliphatic heterocycles. The number of ether oxygens (including phenoxy) is 3. The summed E-state index contributed by atoms with van der Waals surface area (Å²) in [5.41, 5.74) is 3.75. The molecule has 1 aromatic heterocycles. The predicted molar refractivity (Wildman–Crippen MR) is 144 cm³/mol. The second-order valence-corrected chi connectivity index (χ2v) is 9.55. The van der Waals surface area contributed by atoms with Crippen LogP contribution >= 0.6 is 38.5 Å². The van der Waals surface area contributed by atoms with E-state index in [0.29, 0.717) is 17.2 Å². The number of nitrogens with zero attached hydrogens (tertiary/aromatic N) is 2. The molecule has 4 aromatic carbocycles. The zero-order valence-corrected chi connectivity index (χ0v) is 22.0. The van der Waals surface area contributed by atoms with Crippen LogP contribution in [0.4, 0.5) is 0 Å². The van der Waals surface area contributed by atoms with Crippen LogP contribution in [0, 0.1) is 3.57 Å². The minimum atomic E-state index is 0.556. The van der Waals surface area contributed by atoms with Crippen LogP contribution in [0.25, 0.3) is 38.6 Å². The Morgan fingerprint density at radius 2 is 1.42 bits per heavy atom. The van der Waals surface area contributed by atoms with Gasteiger partial charge in [0, 0.05) is 24.4 Å². The highest BCUT2D eigenvalue weighted by Gasteiger charge is 2.22. The van der Waals surface area contributed by atoms with E-state index in [1.54, 1.807) is 21.3 Å². The van der Waals surface area contributed by atoms with E-state index in [4.69, 9.17) is 19.3 Å². The molecule has 166 valence electrons. The maximum atomic E-state index is 5.64. The van der Waals surface area contributed by atoms with Gasteiger partial charge in [0.1, 0.15) is 5.52 Å². The third-order valence-corrected chi connectivity index (χ3v) is 7.02. The molecule has 7 heteroatoms. The summed E-state index contributed by atoms with van der Waals surface area (Å²) in [6.07, 6.45) is 0. The first-order valence-corrected chi connectivity index (χ1v) is 12.1. The first kappa shape index (κ1) is 22.0. The Hall–Kier alpha value is -2.78. The summed E-state index contributed by atoms with van der Waals surface area (Å²) < 4.78 is 21.0. The number of hydrogen-bond acceptors (Lipinski definition) is 4. The number of rotatable bonds is 5. The van der Waals surface area contributed by atoms with Gasteiger partial charge >= 0.3 is 0 Å². The Labute approximate surface area is 213 Å². The van der Waals surface area contributed by atoms with Crippen LogP contribution in [0.5, 0.6) is 17.2 Å². The van der Waals surface area contributed by atoms with Gasteiger partial charge in [-0.1, -0.05) is 40.2 Å². The van der Waals surface area contributed by atoms with Crippen molar-refractivity contribution in [2.24, 2.45) is 0 Å². The van der Waals surface area contributed by atoms with E-state index < -0.39 is 0 Å². The molecule has 0 saturated carbocycles. The summed E-state index contributed by atoms with van der Waals surface area (Å²) in [6, 6.07) is 22.6. The lowest BCUT2D eigenvalue weighted by molar-refractivity contribution is 0.324. The molecule has 0 fully saturated rings. The second-order valence-electron chi connectivity index (χ2n) is 7.45. The van der Waals surface area contributed by atoms with Crippen LogP contribution in [-0.2, 0) is 0 Å². The van der Waals surface area contributed by atoms with Crippen molar-refractivity contribution in [3.63, 3.8) is 0 Å². The van der Waals surface area contributed by atoms with Gasteiger partial charge in [0.25, 0.3) is 0 Å². The molecule has 0 radical (unpaired) electrons. The molecule has 5 rings (SSSR count). The number of hydrogen-bond donors (Lipinski definition) is 0. The Balaban J connectivity index is 1.91. The lowest BCUT2D eigenvalue weighted by atomic mass is 10.0. The largest absolute Gasteiger partial charge is 0.493 e. The Morgan fingerprint density at radius 1 is 0.788 bits per heavy atom. The van der Waals surface area contributed by atoms with E-state index in [-0.39, 0.29) is 0 Å². The lowest BCUT2D eigenvalue weighted by Crippen LogP contribution is -2.01.